The third kappa shape index (κ3) is 5.43. The van der Waals surface area contributed by atoms with Crippen LogP contribution in [0.1, 0.15) is 32.6 Å². The van der Waals surface area contributed by atoms with E-state index in [0.717, 1.165) is 22.4 Å². The molecule has 6 heteroatoms. The summed E-state index contributed by atoms with van der Waals surface area (Å²) in [5.41, 5.74) is 4.89. The van der Waals surface area contributed by atoms with E-state index < -0.39 is 5.97 Å². The molecule has 29 heavy (non-hydrogen) atoms. The third-order valence-corrected chi connectivity index (χ3v) is 5.04. The van der Waals surface area contributed by atoms with Crippen molar-refractivity contribution in [3.8, 4) is 5.75 Å². The van der Waals surface area contributed by atoms with Crippen LogP contribution in [0.3, 0.4) is 0 Å². The zero-order valence-electron chi connectivity index (χ0n) is 16.1. The highest BCUT2D eigenvalue weighted by molar-refractivity contribution is 6.35. The molecule has 3 rings (SSSR count). The van der Waals surface area contributed by atoms with Gasteiger partial charge in [0.2, 0.25) is 0 Å². The predicted molar refractivity (Wildman–Crippen MR) is 117 cm³/mol. The minimum Gasteiger partial charge on any atom is -0.487 e. The number of nitrogens with one attached hydrogen (secondary N) is 1. The Morgan fingerprint density at radius 3 is 2.45 bits per heavy atom. The van der Waals surface area contributed by atoms with Crippen molar-refractivity contribution < 1.29 is 14.6 Å². The van der Waals surface area contributed by atoms with Gasteiger partial charge in [0.1, 0.15) is 12.4 Å². The van der Waals surface area contributed by atoms with Crippen LogP contribution in [0.25, 0.3) is 0 Å². The van der Waals surface area contributed by atoms with Crippen LogP contribution in [0.15, 0.2) is 54.6 Å². The Kier molecular flexibility index (Phi) is 6.68. The first-order valence-electron chi connectivity index (χ1n) is 9.07. The number of carboxylic acids is 1. The predicted octanol–water partition coefficient (Wildman–Crippen LogP) is 6.50. The van der Waals surface area contributed by atoms with Crippen molar-refractivity contribution in [3.63, 3.8) is 0 Å². The van der Waals surface area contributed by atoms with Crippen LogP contribution in [-0.4, -0.2) is 11.1 Å². The van der Waals surface area contributed by atoms with E-state index in [1.165, 1.54) is 5.56 Å². The smallest absolute Gasteiger partial charge is 0.335 e. The summed E-state index contributed by atoms with van der Waals surface area (Å²) in [6.07, 6.45) is 0. The Labute approximate surface area is 180 Å². The monoisotopic (exact) mass is 429 g/mol. The van der Waals surface area contributed by atoms with Crippen LogP contribution >= 0.6 is 23.2 Å². The third-order valence-electron chi connectivity index (χ3n) is 4.54. The standard InChI is InChI=1S/C23H21Cl2NO3/c1-14-3-6-16(7-4-14)13-29-22-18(9-19(24)11-20(22)25)12-26-21-10-17(23(27)28)8-5-15(21)2/h3-11,26H,12-13H2,1-2H3,(H,27,28). The van der Waals surface area contributed by atoms with Gasteiger partial charge in [-0.25, -0.2) is 4.79 Å². The molecule has 3 aromatic carbocycles. The van der Waals surface area contributed by atoms with E-state index in [0.29, 0.717) is 28.9 Å². The molecule has 0 aromatic heterocycles. The number of aromatic carboxylic acids is 1. The van der Waals surface area contributed by atoms with Gasteiger partial charge in [0.15, 0.2) is 0 Å². The fraction of sp³-hybridized carbons (Fsp3) is 0.174. The zero-order chi connectivity index (χ0) is 21.0. The minimum absolute atomic E-state index is 0.220. The van der Waals surface area contributed by atoms with Crippen molar-refractivity contribution in [2.24, 2.45) is 0 Å². The van der Waals surface area contributed by atoms with Gasteiger partial charge in [0, 0.05) is 22.8 Å². The van der Waals surface area contributed by atoms with Crippen molar-refractivity contribution in [2.45, 2.75) is 27.0 Å². The number of carboxylic acid groups (broad SMARTS) is 1. The molecule has 2 N–H and O–H groups in total. The van der Waals surface area contributed by atoms with Gasteiger partial charge in [-0.2, -0.15) is 0 Å². The summed E-state index contributed by atoms with van der Waals surface area (Å²) in [5, 5.41) is 13.4. The number of anilines is 1. The highest BCUT2D eigenvalue weighted by Gasteiger charge is 2.13. The molecule has 0 saturated heterocycles. The van der Waals surface area contributed by atoms with Gasteiger partial charge in [-0.15, -0.1) is 0 Å². The van der Waals surface area contributed by atoms with Gasteiger partial charge in [0.05, 0.1) is 10.6 Å². The van der Waals surface area contributed by atoms with Gasteiger partial charge in [0.25, 0.3) is 0 Å². The molecule has 0 bridgehead atoms. The molecule has 0 atom stereocenters. The number of hydrogen-bond acceptors (Lipinski definition) is 3. The first-order valence-corrected chi connectivity index (χ1v) is 9.83. The van der Waals surface area contributed by atoms with Crippen molar-refractivity contribution in [2.75, 3.05) is 5.32 Å². The minimum atomic E-state index is -0.971. The number of aryl methyl sites for hydroxylation is 2. The normalized spacial score (nSPS) is 10.6. The molecule has 0 amide bonds. The van der Waals surface area contributed by atoms with Crippen molar-refractivity contribution in [3.05, 3.63) is 92.5 Å². The highest BCUT2D eigenvalue weighted by Crippen LogP contribution is 2.34. The topological polar surface area (TPSA) is 58.6 Å². The van der Waals surface area contributed by atoms with Crippen LogP contribution in [0.5, 0.6) is 5.75 Å². The maximum Gasteiger partial charge on any atom is 0.335 e. The summed E-state index contributed by atoms with van der Waals surface area (Å²) in [6.45, 7) is 4.70. The van der Waals surface area contributed by atoms with E-state index in [1.807, 2.05) is 38.1 Å². The van der Waals surface area contributed by atoms with E-state index in [2.05, 4.69) is 5.32 Å². The molecule has 0 aliphatic carbocycles. The largest absolute Gasteiger partial charge is 0.487 e. The second kappa shape index (κ2) is 9.21. The van der Waals surface area contributed by atoms with E-state index >= 15 is 0 Å². The van der Waals surface area contributed by atoms with Crippen LogP contribution in [0.4, 0.5) is 5.69 Å². The van der Waals surface area contributed by atoms with E-state index in [1.54, 1.807) is 30.3 Å². The molecule has 0 aliphatic rings. The van der Waals surface area contributed by atoms with Crippen LogP contribution in [0.2, 0.25) is 10.0 Å². The van der Waals surface area contributed by atoms with Crippen molar-refractivity contribution >= 4 is 34.9 Å². The van der Waals surface area contributed by atoms with Crippen molar-refractivity contribution in [1.29, 1.82) is 0 Å². The second-order valence-corrected chi connectivity index (χ2v) is 7.68. The van der Waals surface area contributed by atoms with E-state index in [9.17, 15) is 9.90 Å². The average Bonchev–Trinajstić information content (AvgIpc) is 2.67. The first kappa shape index (κ1) is 21.0. The lowest BCUT2D eigenvalue weighted by Gasteiger charge is -2.16. The molecular weight excluding hydrogens is 409 g/mol. The maximum atomic E-state index is 11.2. The second-order valence-electron chi connectivity index (χ2n) is 6.84. The SMILES string of the molecule is Cc1ccc(COc2c(Cl)cc(Cl)cc2CNc2cc(C(=O)O)ccc2C)cc1. The number of hydrogen-bond donors (Lipinski definition) is 2. The van der Waals surface area contributed by atoms with Gasteiger partial charge < -0.3 is 15.2 Å². The summed E-state index contributed by atoms with van der Waals surface area (Å²) in [4.78, 5) is 11.2. The highest BCUT2D eigenvalue weighted by atomic mass is 35.5. The summed E-state index contributed by atoms with van der Waals surface area (Å²) < 4.78 is 6.00. The van der Waals surface area contributed by atoms with Crippen LogP contribution in [0, 0.1) is 13.8 Å². The molecule has 0 fully saturated rings. The fourth-order valence-electron chi connectivity index (χ4n) is 2.88. The number of ether oxygens (including phenoxy) is 1. The number of benzene rings is 3. The van der Waals surface area contributed by atoms with Gasteiger partial charge in [-0.1, -0.05) is 59.1 Å². The summed E-state index contributed by atoms with van der Waals surface area (Å²) in [7, 11) is 0. The van der Waals surface area contributed by atoms with Crippen molar-refractivity contribution in [1.82, 2.24) is 0 Å². The van der Waals surface area contributed by atoms with Gasteiger partial charge in [-0.05, 0) is 49.2 Å². The molecule has 4 nitrogen and oxygen atoms in total. The Hall–Kier alpha value is -2.69. The molecular formula is C23H21Cl2NO3. The zero-order valence-corrected chi connectivity index (χ0v) is 17.6. The average molecular weight is 430 g/mol. The summed E-state index contributed by atoms with van der Waals surface area (Å²) in [5.74, 6) is -0.419. The Balaban J connectivity index is 1.81. The molecule has 0 aliphatic heterocycles. The number of carbonyl (C=O) groups is 1. The van der Waals surface area contributed by atoms with E-state index in [-0.39, 0.29) is 5.56 Å². The lowest BCUT2D eigenvalue weighted by molar-refractivity contribution is 0.0697. The molecule has 0 heterocycles. The number of halogens is 2. The Morgan fingerprint density at radius 1 is 1.03 bits per heavy atom. The molecule has 0 unspecified atom stereocenters. The summed E-state index contributed by atoms with van der Waals surface area (Å²) >= 11 is 12.6. The molecule has 0 spiro atoms. The van der Waals surface area contributed by atoms with Gasteiger partial charge >= 0.3 is 5.97 Å². The molecule has 150 valence electrons. The molecule has 3 aromatic rings. The quantitative estimate of drug-likeness (QED) is 0.449. The lowest BCUT2D eigenvalue weighted by Crippen LogP contribution is -2.06. The molecule has 0 saturated carbocycles. The van der Waals surface area contributed by atoms with E-state index in [4.69, 9.17) is 27.9 Å². The molecule has 0 radical (unpaired) electrons. The van der Waals surface area contributed by atoms with Gasteiger partial charge in [-0.3, -0.25) is 0 Å². The Morgan fingerprint density at radius 2 is 1.76 bits per heavy atom. The van der Waals surface area contributed by atoms with Crippen LogP contribution < -0.4 is 10.1 Å². The maximum absolute atomic E-state index is 11.2. The Bertz CT molecular complexity index is 1030. The fourth-order valence-corrected chi connectivity index (χ4v) is 3.47. The summed E-state index contributed by atoms with van der Waals surface area (Å²) in [6, 6.07) is 16.5. The number of rotatable bonds is 7. The first-order chi connectivity index (χ1) is 13.8. The lowest BCUT2D eigenvalue weighted by atomic mass is 10.1. The van der Waals surface area contributed by atoms with Crippen LogP contribution in [-0.2, 0) is 13.2 Å².